The van der Waals surface area contributed by atoms with E-state index in [-0.39, 0.29) is 0 Å². The van der Waals surface area contributed by atoms with Gasteiger partial charge in [0.05, 0.1) is 5.69 Å². The molecule has 0 aliphatic carbocycles. The third-order valence-corrected chi connectivity index (χ3v) is 2.66. The van der Waals surface area contributed by atoms with Crippen molar-refractivity contribution in [3.8, 4) is 0 Å². The summed E-state index contributed by atoms with van der Waals surface area (Å²) in [4.78, 5) is 0. The summed E-state index contributed by atoms with van der Waals surface area (Å²) >= 11 is 0. The highest BCUT2D eigenvalue weighted by Crippen LogP contribution is 2.05. The molecule has 0 amide bonds. The number of hydrogen-bond donors (Lipinski definition) is 1. The van der Waals surface area contributed by atoms with E-state index < -0.39 is 0 Å². The van der Waals surface area contributed by atoms with Gasteiger partial charge in [-0.3, -0.25) is 4.68 Å². The largest absolute Gasteiger partial charge is 0.382 e. The average molecular weight is 239 g/mol. The second-order valence-electron chi connectivity index (χ2n) is 4.23. The van der Waals surface area contributed by atoms with Gasteiger partial charge < -0.3 is 10.1 Å². The maximum Gasteiger partial charge on any atom is 0.0638 e. The standard InChI is InChI=1S/C13H25N3O/c1-4-8-16-11-13(12(3)15-16)10-14-7-6-9-17-5-2/h11,14H,4-10H2,1-3H3. The van der Waals surface area contributed by atoms with Crippen LogP contribution in [0.15, 0.2) is 6.20 Å². The summed E-state index contributed by atoms with van der Waals surface area (Å²) in [6.07, 6.45) is 4.34. The second kappa shape index (κ2) is 8.25. The summed E-state index contributed by atoms with van der Waals surface area (Å²) < 4.78 is 7.32. The molecule has 4 nitrogen and oxygen atoms in total. The molecule has 0 aliphatic heterocycles. The van der Waals surface area contributed by atoms with Crippen molar-refractivity contribution in [3.05, 3.63) is 17.5 Å². The molecule has 0 aliphatic rings. The maximum absolute atomic E-state index is 5.29. The van der Waals surface area contributed by atoms with Crippen LogP contribution in [0.5, 0.6) is 0 Å². The minimum atomic E-state index is 0.808. The Morgan fingerprint density at radius 2 is 2.24 bits per heavy atom. The molecule has 17 heavy (non-hydrogen) atoms. The molecule has 0 saturated heterocycles. The molecule has 0 radical (unpaired) electrons. The average Bonchev–Trinajstić information content (AvgIpc) is 2.65. The van der Waals surface area contributed by atoms with Gasteiger partial charge in [-0.15, -0.1) is 0 Å². The lowest BCUT2D eigenvalue weighted by atomic mass is 10.2. The van der Waals surface area contributed by atoms with Gasteiger partial charge in [-0.1, -0.05) is 6.92 Å². The van der Waals surface area contributed by atoms with E-state index in [0.29, 0.717) is 0 Å². The summed E-state index contributed by atoms with van der Waals surface area (Å²) in [5.74, 6) is 0. The van der Waals surface area contributed by atoms with Gasteiger partial charge >= 0.3 is 0 Å². The highest BCUT2D eigenvalue weighted by Gasteiger charge is 2.03. The van der Waals surface area contributed by atoms with Crippen LogP contribution in [-0.4, -0.2) is 29.5 Å². The molecule has 0 fully saturated rings. The van der Waals surface area contributed by atoms with Gasteiger partial charge in [0.25, 0.3) is 0 Å². The summed E-state index contributed by atoms with van der Waals surface area (Å²) in [5.41, 5.74) is 2.44. The van der Waals surface area contributed by atoms with Crippen LogP contribution in [-0.2, 0) is 17.8 Å². The van der Waals surface area contributed by atoms with Crippen LogP contribution < -0.4 is 5.32 Å². The van der Waals surface area contributed by atoms with E-state index in [0.717, 1.165) is 51.4 Å². The van der Waals surface area contributed by atoms with Crippen molar-refractivity contribution >= 4 is 0 Å². The van der Waals surface area contributed by atoms with Gasteiger partial charge in [0.15, 0.2) is 0 Å². The lowest BCUT2D eigenvalue weighted by molar-refractivity contribution is 0.144. The van der Waals surface area contributed by atoms with Crippen molar-refractivity contribution in [1.29, 1.82) is 0 Å². The first kappa shape index (κ1) is 14.2. The predicted octanol–water partition coefficient (Wildman–Crippen LogP) is 2.12. The molecule has 0 bridgehead atoms. The quantitative estimate of drug-likeness (QED) is 0.671. The Hall–Kier alpha value is -0.870. The van der Waals surface area contributed by atoms with Crippen molar-refractivity contribution in [1.82, 2.24) is 15.1 Å². The Morgan fingerprint density at radius 3 is 2.94 bits per heavy atom. The SMILES string of the molecule is CCCn1cc(CNCCCOCC)c(C)n1. The predicted molar refractivity (Wildman–Crippen MR) is 70.1 cm³/mol. The summed E-state index contributed by atoms with van der Waals surface area (Å²) in [5, 5.41) is 7.90. The van der Waals surface area contributed by atoms with E-state index in [1.54, 1.807) is 0 Å². The molecule has 1 rings (SSSR count). The Balaban J connectivity index is 2.21. The first-order valence-corrected chi connectivity index (χ1v) is 6.59. The summed E-state index contributed by atoms with van der Waals surface area (Å²) in [7, 11) is 0. The molecule has 4 heteroatoms. The van der Waals surface area contributed by atoms with Crippen LogP contribution in [0.1, 0.15) is 37.9 Å². The molecule has 0 spiro atoms. The first-order valence-electron chi connectivity index (χ1n) is 6.59. The fourth-order valence-electron chi connectivity index (χ4n) is 1.74. The lowest BCUT2D eigenvalue weighted by Gasteiger charge is -2.03. The molecule has 0 unspecified atom stereocenters. The molecule has 1 N–H and O–H groups in total. The van der Waals surface area contributed by atoms with Crippen LogP contribution >= 0.6 is 0 Å². The monoisotopic (exact) mass is 239 g/mol. The number of aromatic nitrogens is 2. The number of aryl methyl sites for hydroxylation is 2. The number of hydrogen-bond acceptors (Lipinski definition) is 3. The zero-order valence-electron chi connectivity index (χ0n) is 11.3. The second-order valence-corrected chi connectivity index (χ2v) is 4.23. The Labute approximate surface area is 104 Å². The van der Waals surface area contributed by atoms with Crippen LogP contribution in [0.3, 0.4) is 0 Å². The Bertz CT molecular complexity index is 310. The van der Waals surface area contributed by atoms with E-state index in [9.17, 15) is 0 Å². The number of nitrogens with zero attached hydrogens (tertiary/aromatic N) is 2. The topological polar surface area (TPSA) is 39.1 Å². The molecule has 1 aromatic heterocycles. The minimum Gasteiger partial charge on any atom is -0.382 e. The van der Waals surface area contributed by atoms with Gasteiger partial charge in [-0.2, -0.15) is 5.10 Å². The van der Waals surface area contributed by atoms with Gasteiger partial charge in [-0.05, 0) is 33.2 Å². The van der Waals surface area contributed by atoms with Crippen LogP contribution in [0, 0.1) is 6.92 Å². The van der Waals surface area contributed by atoms with E-state index in [1.165, 1.54) is 5.56 Å². The normalized spacial score (nSPS) is 11.0. The van der Waals surface area contributed by atoms with E-state index in [1.807, 2.05) is 11.6 Å². The molecule has 98 valence electrons. The van der Waals surface area contributed by atoms with Gasteiger partial charge in [0.1, 0.15) is 0 Å². The highest BCUT2D eigenvalue weighted by molar-refractivity contribution is 5.14. The molecule has 0 atom stereocenters. The zero-order valence-corrected chi connectivity index (χ0v) is 11.3. The van der Waals surface area contributed by atoms with Crippen LogP contribution in [0.4, 0.5) is 0 Å². The van der Waals surface area contributed by atoms with E-state index in [4.69, 9.17) is 4.74 Å². The van der Waals surface area contributed by atoms with Crippen molar-refractivity contribution in [3.63, 3.8) is 0 Å². The number of ether oxygens (including phenoxy) is 1. The van der Waals surface area contributed by atoms with Gasteiger partial charge in [-0.25, -0.2) is 0 Å². The van der Waals surface area contributed by atoms with Crippen molar-refractivity contribution in [2.45, 2.75) is 46.7 Å². The van der Waals surface area contributed by atoms with Crippen molar-refractivity contribution in [2.24, 2.45) is 0 Å². The highest BCUT2D eigenvalue weighted by atomic mass is 16.5. The summed E-state index contributed by atoms with van der Waals surface area (Å²) in [6.45, 7) is 10.8. The number of rotatable bonds is 9. The fourth-order valence-corrected chi connectivity index (χ4v) is 1.74. The Morgan fingerprint density at radius 1 is 1.41 bits per heavy atom. The summed E-state index contributed by atoms with van der Waals surface area (Å²) in [6, 6.07) is 0. The van der Waals surface area contributed by atoms with Crippen LogP contribution in [0.25, 0.3) is 0 Å². The number of nitrogens with one attached hydrogen (secondary N) is 1. The van der Waals surface area contributed by atoms with E-state index in [2.05, 4.69) is 30.5 Å². The molecule has 1 aromatic rings. The fraction of sp³-hybridized carbons (Fsp3) is 0.769. The molecular formula is C13H25N3O. The molecule has 0 aromatic carbocycles. The molecule has 1 heterocycles. The molecular weight excluding hydrogens is 214 g/mol. The van der Waals surface area contributed by atoms with Crippen molar-refractivity contribution < 1.29 is 4.74 Å². The van der Waals surface area contributed by atoms with Crippen molar-refractivity contribution in [2.75, 3.05) is 19.8 Å². The smallest absolute Gasteiger partial charge is 0.0638 e. The maximum atomic E-state index is 5.29. The first-order chi connectivity index (χ1) is 8.27. The lowest BCUT2D eigenvalue weighted by Crippen LogP contribution is -2.16. The third-order valence-electron chi connectivity index (χ3n) is 2.66. The van der Waals surface area contributed by atoms with Crippen LogP contribution in [0.2, 0.25) is 0 Å². The zero-order chi connectivity index (χ0) is 12.5. The van der Waals surface area contributed by atoms with Gasteiger partial charge in [0.2, 0.25) is 0 Å². The minimum absolute atomic E-state index is 0.808. The molecule has 0 saturated carbocycles. The third kappa shape index (κ3) is 5.33. The van der Waals surface area contributed by atoms with E-state index >= 15 is 0 Å². The Kier molecular flexibility index (Phi) is 6.89. The van der Waals surface area contributed by atoms with Gasteiger partial charge in [0, 0.05) is 38.1 Å².